The summed E-state index contributed by atoms with van der Waals surface area (Å²) in [6.45, 7) is 0. The molecule has 16 heavy (non-hydrogen) atoms. The molecule has 0 atom stereocenters. The highest BCUT2D eigenvalue weighted by atomic mass is 35.5. The van der Waals surface area contributed by atoms with Crippen LogP contribution in [0.15, 0.2) is 29.1 Å². The van der Waals surface area contributed by atoms with E-state index in [2.05, 4.69) is 4.98 Å². The van der Waals surface area contributed by atoms with Crippen LogP contribution in [0.5, 0.6) is 0 Å². The Morgan fingerprint density at radius 1 is 1.25 bits per heavy atom. The molecule has 0 fully saturated rings. The molecule has 0 amide bonds. The average Bonchev–Trinajstić information content (AvgIpc) is 2.15. The van der Waals surface area contributed by atoms with Gasteiger partial charge in [0, 0.05) is 11.5 Å². The molecule has 0 unspecified atom stereocenters. The second kappa shape index (κ2) is 3.52. The molecule has 2 aromatic rings. The summed E-state index contributed by atoms with van der Waals surface area (Å²) < 4.78 is 37.8. The van der Waals surface area contributed by atoms with E-state index in [1.807, 2.05) is 0 Å². The van der Waals surface area contributed by atoms with Crippen molar-refractivity contribution in [2.75, 3.05) is 0 Å². The number of hydrogen-bond acceptors (Lipinski definition) is 1. The lowest BCUT2D eigenvalue weighted by molar-refractivity contribution is -0.136. The van der Waals surface area contributed by atoms with E-state index < -0.39 is 17.3 Å². The minimum Gasteiger partial charge on any atom is -0.321 e. The van der Waals surface area contributed by atoms with Gasteiger partial charge >= 0.3 is 6.18 Å². The molecule has 0 aliphatic carbocycles. The van der Waals surface area contributed by atoms with Crippen LogP contribution in [0.4, 0.5) is 13.2 Å². The van der Waals surface area contributed by atoms with Crippen LogP contribution >= 0.6 is 11.6 Å². The normalized spacial score (nSPS) is 12.0. The molecule has 0 aliphatic heterocycles. The molecule has 0 aliphatic rings. The number of benzene rings is 1. The SMILES string of the molecule is O=c1cc(Cl)c2cccc(C(F)(F)F)c2[nH]1. The largest absolute Gasteiger partial charge is 0.418 e. The molecular formula is C10H5ClF3NO. The predicted molar refractivity (Wildman–Crippen MR) is 54.6 cm³/mol. The molecule has 1 N–H and O–H groups in total. The summed E-state index contributed by atoms with van der Waals surface area (Å²) in [5.41, 5.74) is -1.84. The van der Waals surface area contributed by atoms with E-state index in [-0.39, 0.29) is 15.9 Å². The van der Waals surface area contributed by atoms with Gasteiger partial charge in [-0.25, -0.2) is 0 Å². The third-order valence-corrected chi connectivity index (χ3v) is 2.45. The molecule has 2 nitrogen and oxygen atoms in total. The summed E-state index contributed by atoms with van der Waals surface area (Å²) in [7, 11) is 0. The third kappa shape index (κ3) is 1.78. The number of nitrogens with one attached hydrogen (secondary N) is 1. The van der Waals surface area contributed by atoms with Crippen molar-refractivity contribution in [3.63, 3.8) is 0 Å². The van der Waals surface area contributed by atoms with Crippen molar-refractivity contribution in [3.8, 4) is 0 Å². The topological polar surface area (TPSA) is 32.9 Å². The van der Waals surface area contributed by atoms with Crippen LogP contribution in [-0.2, 0) is 6.18 Å². The number of alkyl halides is 3. The fourth-order valence-electron chi connectivity index (χ4n) is 1.47. The van der Waals surface area contributed by atoms with Crippen LogP contribution in [-0.4, -0.2) is 4.98 Å². The van der Waals surface area contributed by atoms with E-state index in [0.29, 0.717) is 0 Å². The molecule has 1 heterocycles. The Bertz CT molecular complexity index is 603. The minimum absolute atomic E-state index is 0.00449. The number of fused-ring (bicyclic) bond motifs is 1. The molecule has 0 saturated heterocycles. The zero-order valence-electron chi connectivity index (χ0n) is 7.73. The highest BCUT2D eigenvalue weighted by molar-refractivity contribution is 6.35. The zero-order valence-corrected chi connectivity index (χ0v) is 8.49. The van der Waals surface area contributed by atoms with E-state index in [9.17, 15) is 18.0 Å². The molecular weight excluding hydrogens is 243 g/mol. The molecule has 84 valence electrons. The van der Waals surface area contributed by atoms with Gasteiger partial charge in [-0.2, -0.15) is 13.2 Å². The number of para-hydroxylation sites is 1. The first kappa shape index (κ1) is 11.0. The predicted octanol–water partition coefficient (Wildman–Crippen LogP) is 3.20. The molecule has 1 aromatic carbocycles. The number of aromatic amines is 1. The van der Waals surface area contributed by atoms with Crippen molar-refractivity contribution in [3.05, 3.63) is 45.2 Å². The Labute approximate surface area is 92.7 Å². The monoisotopic (exact) mass is 247 g/mol. The molecule has 0 radical (unpaired) electrons. The fraction of sp³-hybridized carbons (Fsp3) is 0.100. The van der Waals surface area contributed by atoms with Crippen LogP contribution in [0.25, 0.3) is 10.9 Å². The third-order valence-electron chi connectivity index (χ3n) is 2.13. The van der Waals surface area contributed by atoms with Crippen molar-refractivity contribution in [1.29, 1.82) is 0 Å². The van der Waals surface area contributed by atoms with Crippen LogP contribution in [0.3, 0.4) is 0 Å². The van der Waals surface area contributed by atoms with Gasteiger partial charge in [-0.3, -0.25) is 4.79 Å². The van der Waals surface area contributed by atoms with Crippen LogP contribution < -0.4 is 5.56 Å². The second-order valence-electron chi connectivity index (χ2n) is 3.21. The first-order chi connectivity index (χ1) is 7.39. The summed E-state index contributed by atoms with van der Waals surface area (Å²) in [5, 5.41) is 0.181. The number of aromatic nitrogens is 1. The first-order valence-corrected chi connectivity index (χ1v) is 4.66. The number of pyridine rings is 1. The zero-order chi connectivity index (χ0) is 11.9. The van der Waals surface area contributed by atoms with E-state index in [0.717, 1.165) is 12.1 Å². The maximum atomic E-state index is 12.6. The lowest BCUT2D eigenvalue weighted by Crippen LogP contribution is -2.11. The number of halogens is 4. The van der Waals surface area contributed by atoms with Gasteiger partial charge in [0.05, 0.1) is 16.1 Å². The molecule has 0 saturated carbocycles. The average molecular weight is 248 g/mol. The van der Waals surface area contributed by atoms with Gasteiger partial charge in [-0.1, -0.05) is 23.7 Å². The Morgan fingerprint density at radius 3 is 2.56 bits per heavy atom. The van der Waals surface area contributed by atoms with Gasteiger partial charge in [0.25, 0.3) is 0 Å². The van der Waals surface area contributed by atoms with E-state index >= 15 is 0 Å². The second-order valence-corrected chi connectivity index (χ2v) is 3.61. The molecule has 6 heteroatoms. The highest BCUT2D eigenvalue weighted by Crippen LogP contribution is 2.34. The lowest BCUT2D eigenvalue weighted by Gasteiger charge is -2.10. The molecule has 0 bridgehead atoms. The van der Waals surface area contributed by atoms with Crippen molar-refractivity contribution < 1.29 is 13.2 Å². The van der Waals surface area contributed by atoms with E-state index in [1.165, 1.54) is 12.1 Å². The van der Waals surface area contributed by atoms with E-state index in [1.54, 1.807) is 0 Å². The number of H-pyrrole nitrogens is 1. The van der Waals surface area contributed by atoms with Crippen LogP contribution in [0.1, 0.15) is 5.56 Å². The van der Waals surface area contributed by atoms with Gasteiger partial charge in [-0.15, -0.1) is 0 Å². The summed E-state index contributed by atoms with van der Waals surface area (Å²) in [6.07, 6.45) is -4.52. The quantitative estimate of drug-likeness (QED) is 0.762. The number of rotatable bonds is 0. The Morgan fingerprint density at radius 2 is 1.94 bits per heavy atom. The molecule has 1 aromatic heterocycles. The molecule has 2 rings (SSSR count). The smallest absolute Gasteiger partial charge is 0.321 e. The van der Waals surface area contributed by atoms with Gasteiger partial charge < -0.3 is 4.98 Å². The summed E-state index contributed by atoms with van der Waals surface area (Å²) in [6, 6.07) is 4.61. The van der Waals surface area contributed by atoms with Crippen LogP contribution in [0, 0.1) is 0 Å². The summed E-state index contributed by atoms with van der Waals surface area (Å²) >= 11 is 5.70. The number of hydrogen-bond donors (Lipinski definition) is 1. The van der Waals surface area contributed by atoms with Crippen LogP contribution in [0.2, 0.25) is 5.02 Å². The summed E-state index contributed by atoms with van der Waals surface area (Å²) in [5.74, 6) is 0. The molecule has 0 spiro atoms. The van der Waals surface area contributed by atoms with Crippen molar-refractivity contribution >= 4 is 22.5 Å². The van der Waals surface area contributed by atoms with Crippen molar-refractivity contribution in [2.45, 2.75) is 6.18 Å². The first-order valence-electron chi connectivity index (χ1n) is 4.28. The van der Waals surface area contributed by atoms with E-state index in [4.69, 9.17) is 11.6 Å². The minimum atomic E-state index is -4.52. The Hall–Kier alpha value is -1.49. The van der Waals surface area contributed by atoms with Crippen molar-refractivity contribution in [1.82, 2.24) is 4.98 Å². The summed E-state index contributed by atoms with van der Waals surface area (Å²) in [4.78, 5) is 13.2. The fourth-order valence-corrected chi connectivity index (χ4v) is 1.73. The van der Waals surface area contributed by atoms with Gasteiger partial charge in [0.15, 0.2) is 0 Å². The van der Waals surface area contributed by atoms with Gasteiger partial charge in [0.1, 0.15) is 0 Å². The van der Waals surface area contributed by atoms with Gasteiger partial charge in [-0.05, 0) is 6.07 Å². The highest BCUT2D eigenvalue weighted by Gasteiger charge is 2.33. The van der Waals surface area contributed by atoms with Crippen molar-refractivity contribution in [2.24, 2.45) is 0 Å². The lowest BCUT2D eigenvalue weighted by atomic mass is 10.1. The standard InChI is InChI=1S/C10H5ClF3NO/c11-7-4-8(16)15-9-5(7)2-1-3-6(9)10(12,13)14/h1-4H,(H,15,16). The van der Waals surface area contributed by atoms with Gasteiger partial charge in [0.2, 0.25) is 5.56 Å². The maximum Gasteiger partial charge on any atom is 0.418 e. The Balaban J connectivity index is 2.93. The maximum absolute atomic E-state index is 12.6. The Kier molecular flexibility index (Phi) is 2.42.